The van der Waals surface area contributed by atoms with Crippen molar-refractivity contribution in [1.29, 1.82) is 0 Å². The van der Waals surface area contributed by atoms with E-state index < -0.39 is 42.7 Å². The quantitative estimate of drug-likeness (QED) is 0.157. The predicted octanol–water partition coefficient (Wildman–Crippen LogP) is 2.87. The number of hydrogen-bond acceptors (Lipinski definition) is 6. The van der Waals surface area contributed by atoms with Crippen LogP contribution in [0.5, 0.6) is 0 Å². The van der Waals surface area contributed by atoms with Gasteiger partial charge < -0.3 is 35.7 Å². The van der Waals surface area contributed by atoms with Crippen LogP contribution >= 0.6 is 0 Å². The van der Waals surface area contributed by atoms with Crippen LogP contribution < -0.4 is 21.3 Å². The maximum atomic E-state index is 13.7. The molecule has 4 fully saturated rings. The van der Waals surface area contributed by atoms with Crippen LogP contribution in [0.1, 0.15) is 93.9 Å². The van der Waals surface area contributed by atoms with Gasteiger partial charge in [0, 0.05) is 12.5 Å². The lowest BCUT2D eigenvalue weighted by molar-refractivity contribution is -0.199. The van der Waals surface area contributed by atoms with Gasteiger partial charge in [-0.1, -0.05) is 41.5 Å². The van der Waals surface area contributed by atoms with Gasteiger partial charge in [-0.2, -0.15) is 0 Å². The van der Waals surface area contributed by atoms with Crippen molar-refractivity contribution in [1.82, 2.24) is 21.3 Å². The minimum atomic E-state index is -1.11. The molecule has 0 aromatic heterocycles. The Morgan fingerprint density at radius 2 is 1.61 bits per heavy atom. The second-order valence-electron chi connectivity index (χ2n) is 13.8. The fourth-order valence-electron chi connectivity index (χ4n) is 6.78. The van der Waals surface area contributed by atoms with Crippen LogP contribution in [0.4, 0.5) is 4.79 Å². The Morgan fingerprint density at radius 1 is 0.927 bits per heavy atom. The smallest absolute Gasteiger partial charge is 0.465 e. The lowest BCUT2D eigenvalue weighted by atomic mass is 9.43. The molecule has 1 saturated heterocycles. The highest BCUT2D eigenvalue weighted by Gasteiger charge is 2.68. The van der Waals surface area contributed by atoms with Gasteiger partial charge in [-0.3, -0.25) is 14.4 Å². The molecule has 2 bridgehead atoms. The summed E-state index contributed by atoms with van der Waals surface area (Å²) >= 11 is 0. The molecule has 11 nitrogen and oxygen atoms in total. The van der Waals surface area contributed by atoms with E-state index in [1.54, 1.807) is 20.8 Å². The normalized spacial score (nSPS) is 28.2. The van der Waals surface area contributed by atoms with Crippen molar-refractivity contribution in [3.63, 3.8) is 0 Å². The summed E-state index contributed by atoms with van der Waals surface area (Å²) in [5, 5.41) is 19.8. The van der Waals surface area contributed by atoms with Gasteiger partial charge >= 0.3 is 13.2 Å². The molecule has 12 heteroatoms. The van der Waals surface area contributed by atoms with Crippen molar-refractivity contribution >= 4 is 30.9 Å². The summed E-state index contributed by atoms with van der Waals surface area (Å²) in [7, 11) is -0.591. The van der Waals surface area contributed by atoms with E-state index in [-0.39, 0.29) is 41.7 Å². The van der Waals surface area contributed by atoms with E-state index in [1.165, 1.54) is 0 Å². The standard InChI is InChI=1S/C29H51BN4O7/c1-16(2)13-23(30-40-22-15-19-14-21(28(19,6)7)29(22,8)41-30)34-26(37)20(11-9-10-12-31-27(38)39)33-25(36)18(5)32-24(35)17(3)4/h16-23,31H,9-15H2,1-8H3,(H,32,35)(H,33,36)(H,34,37)(H,38,39)/t18?,19-,20?,21-,22+,23-,29-/m0/s1. The third-order valence-corrected chi connectivity index (χ3v) is 9.46. The van der Waals surface area contributed by atoms with Gasteiger partial charge in [0.25, 0.3) is 0 Å². The molecule has 0 radical (unpaired) electrons. The zero-order valence-corrected chi connectivity index (χ0v) is 26.0. The van der Waals surface area contributed by atoms with E-state index in [9.17, 15) is 19.2 Å². The maximum Gasteiger partial charge on any atom is 0.481 e. The summed E-state index contributed by atoms with van der Waals surface area (Å²) < 4.78 is 13.2. The Kier molecular flexibility index (Phi) is 10.8. The van der Waals surface area contributed by atoms with E-state index in [4.69, 9.17) is 14.4 Å². The minimum Gasteiger partial charge on any atom is -0.465 e. The molecule has 41 heavy (non-hydrogen) atoms. The monoisotopic (exact) mass is 578 g/mol. The Bertz CT molecular complexity index is 977. The Hall–Kier alpha value is -2.34. The molecule has 232 valence electrons. The zero-order chi connectivity index (χ0) is 30.7. The Labute approximate surface area is 245 Å². The third-order valence-electron chi connectivity index (χ3n) is 9.46. The van der Waals surface area contributed by atoms with E-state index in [0.29, 0.717) is 37.5 Å². The molecule has 4 amide bonds. The van der Waals surface area contributed by atoms with Crippen LogP contribution in [0.3, 0.4) is 0 Å². The van der Waals surface area contributed by atoms with Crippen LogP contribution in [0.2, 0.25) is 0 Å². The second-order valence-corrected chi connectivity index (χ2v) is 13.8. The molecule has 1 heterocycles. The third kappa shape index (κ3) is 7.74. The molecule has 3 aliphatic carbocycles. The van der Waals surface area contributed by atoms with Crippen LogP contribution in [-0.2, 0) is 23.7 Å². The number of rotatable bonds is 14. The van der Waals surface area contributed by atoms with Crippen LogP contribution in [-0.4, -0.2) is 72.3 Å². The molecule has 0 aromatic carbocycles. The number of carbonyl (C=O) groups is 4. The van der Waals surface area contributed by atoms with Crippen molar-refractivity contribution in [2.75, 3.05) is 6.54 Å². The Morgan fingerprint density at radius 3 is 2.20 bits per heavy atom. The van der Waals surface area contributed by atoms with Crippen LogP contribution in [0.25, 0.3) is 0 Å². The summed E-state index contributed by atoms with van der Waals surface area (Å²) in [5.41, 5.74) is -0.204. The maximum absolute atomic E-state index is 13.7. The number of carbonyl (C=O) groups excluding carboxylic acids is 3. The van der Waals surface area contributed by atoms with Crippen molar-refractivity contribution in [3.8, 4) is 0 Å². The lowest BCUT2D eigenvalue weighted by Crippen LogP contribution is -2.65. The average Bonchev–Trinajstić information content (AvgIpc) is 3.23. The first kappa shape index (κ1) is 33.2. The molecular weight excluding hydrogens is 527 g/mol. The fourth-order valence-corrected chi connectivity index (χ4v) is 6.78. The van der Waals surface area contributed by atoms with Crippen LogP contribution in [0.15, 0.2) is 0 Å². The van der Waals surface area contributed by atoms with Gasteiger partial charge in [0.1, 0.15) is 12.1 Å². The van der Waals surface area contributed by atoms with E-state index in [2.05, 4.69) is 55.9 Å². The van der Waals surface area contributed by atoms with Gasteiger partial charge in [-0.25, -0.2) is 4.79 Å². The minimum absolute atomic E-state index is 0.0153. The highest BCUT2D eigenvalue weighted by atomic mass is 16.7. The van der Waals surface area contributed by atoms with E-state index in [1.807, 2.05) is 0 Å². The Balaban J connectivity index is 1.70. The largest absolute Gasteiger partial charge is 0.481 e. The fraction of sp³-hybridized carbons (Fsp3) is 0.862. The molecule has 5 N–H and O–H groups in total. The highest BCUT2D eigenvalue weighted by Crippen LogP contribution is 2.65. The number of nitrogens with one attached hydrogen (secondary N) is 4. The summed E-state index contributed by atoms with van der Waals surface area (Å²) in [6.07, 6.45) is 2.92. The molecule has 0 spiro atoms. The molecule has 3 saturated carbocycles. The van der Waals surface area contributed by atoms with Crippen molar-refractivity contribution in [2.45, 2.75) is 124 Å². The molecule has 7 atom stereocenters. The van der Waals surface area contributed by atoms with Crippen molar-refractivity contribution in [3.05, 3.63) is 0 Å². The van der Waals surface area contributed by atoms with Gasteiger partial charge in [0.15, 0.2) is 0 Å². The van der Waals surface area contributed by atoms with Gasteiger partial charge in [-0.05, 0) is 75.5 Å². The number of amides is 4. The number of carboxylic acid groups (broad SMARTS) is 1. The van der Waals surface area contributed by atoms with Crippen molar-refractivity contribution in [2.24, 2.45) is 29.1 Å². The van der Waals surface area contributed by atoms with Gasteiger partial charge in [0.05, 0.1) is 17.6 Å². The number of unbranched alkanes of at least 4 members (excludes halogenated alkanes) is 1. The van der Waals surface area contributed by atoms with Crippen LogP contribution in [0, 0.1) is 29.1 Å². The SMILES string of the molecule is CC(C)C[C@H](NC(=O)C(CCCCNC(=O)O)NC(=O)C(C)NC(=O)C(C)C)B1O[C@@H]2C[C@@H]3C[C@@H](C3(C)C)[C@]2(C)O1. The first-order valence-corrected chi connectivity index (χ1v) is 15.3. The molecule has 0 aromatic rings. The first-order chi connectivity index (χ1) is 19.1. The second kappa shape index (κ2) is 13.3. The topological polar surface area (TPSA) is 155 Å². The van der Waals surface area contributed by atoms with E-state index in [0.717, 1.165) is 12.8 Å². The molecule has 4 aliphatic rings. The summed E-state index contributed by atoms with van der Waals surface area (Å²) in [4.78, 5) is 49.6. The number of hydrogen-bond donors (Lipinski definition) is 5. The zero-order valence-electron chi connectivity index (χ0n) is 26.0. The molecular formula is C29H51BN4O7. The first-order valence-electron chi connectivity index (χ1n) is 15.3. The van der Waals surface area contributed by atoms with Gasteiger partial charge in [0.2, 0.25) is 17.7 Å². The van der Waals surface area contributed by atoms with E-state index >= 15 is 0 Å². The summed E-state index contributed by atoms with van der Waals surface area (Å²) in [5.74, 6) is -0.488. The van der Waals surface area contributed by atoms with Gasteiger partial charge in [-0.15, -0.1) is 0 Å². The average molecular weight is 579 g/mol. The van der Waals surface area contributed by atoms with Crippen molar-refractivity contribution < 1.29 is 33.6 Å². The lowest BCUT2D eigenvalue weighted by Gasteiger charge is -2.64. The molecule has 1 aliphatic heterocycles. The molecule has 4 rings (SSSR count). The molecule has 2 unspecified atom stereocenters. The highest BCUT2D eigenvalue weighted by molar-refractivity contribution is 6.48. The summed E-state index contributed by atoms with van der Waals surface area (Å²) in [6, 6.07) is -1.69. The summed E-state index contributed by atoms with van der Waals surface area (Å²) in [6.45, 7) is 16.2. The predicted molar refractivity (Wildman–Crippen MR) is 156 cm³/mol.